The first-order chi connectivity index (χ1) is 7.90. The molecule has 1 heterocycles. The molecule has 1 fully saturated rings. The van der Waals surface area contributed by atoms with Crippen molar-refractivity contribution in [1.82, 2.24) is 0 Å². The van der Waals surface area contributed by atoms with Crippen LogP contribution in [0.5, 0.6) is 0 Å². The van der Waals surface area contributed by atoms with Crippen LogP contribution in [0.25, 0.3) is 0 Å². The fourth-order valence-electron chi connectivity index (χ4n) is 3.00. The molecule has 1 saturated carbocycles. The second-order valence-electron chi connectivity index (χ2n) is 4.98. The van der Waals surface area contributed by atoms with E-state index in [0.717, 1.165) is 19.0 Å². The summed E-state index contributed by atoms with van der Waals surface area (Å²) in [6, 6.07) is 7.56. The van der Waals surface area contributed by atoms with Crippen molar-refractivity contribution < 1.29 is 0 Å². The molecule has 0 saturated heterocycles. The molecule has 1 aromatic rings. The van der Waals surface area contributed by atoms with Crippen LogP contribution in [0, 0.1) is 0 Å². The van der Waals surface area contributed by atoms with Crippen molar-refractivity contribution in [3.8, 4) is 0 Å². The lowest BCUT2D eigenvalue weighted by Gasteiger charge is -2.36. The average Bonchev–Trinajstić information content (AvgIpc) is 2.62. The summed E-state index contributed by atoms with van der Waals surface area (Å²) in [5, 5.41) is 0. The van der Waals surface area contributed by atoms with Gasteiger partial charge in [0.25, 0.3) is 0 Å². The third-order valence-electron chi connectivity index (χ3n) is 4.09. The highest BCUT2D eigenvalue weighted by Gasteiger charge is 2.30. The highest BCUT2D eigenvalue weighted by molar-refractivity contribution is 5.61. The van der Waals surface area contributed by atoms with Crippen molar-refractivity contribution in [3.63, 3.8) is 0 Å². The quantitative estimate of drug-likeness (QED) is 0.838. The van der Waals surface area contributed by atoms with Crippen LogP contribution in [0.2, 0.25) is 0 Å². The molecule has 0 unspecified atom stereocenters. The van der Waals surface area contributed by atoms with E-state index in [1.54, 1.807) is 5.56 Å². The summed E-state index contributed by atoms with van der Waals surface area (Å²) in [4.78, 5) is 2.62. The van der Waals surface area contributed by atoms with E-state index >= 15 is 0 Å². The Morgan fingerprint density at radius 2 is 2.19 bits per heavy atom. The average molecular weight is 216 g/mol. The molecule has 3 rings (SSSR count). The molecule has 0 atom stereocenters. The van der Waals surface area contributed by atoms with E-state index in [-0.39, 0.29) is 0 Å². The number of nitrogens with two attached hydrogens (primary N) is 1. The minimum absolute atomic E-state index is 0.764. The highest BCUT2D eigenvalue weighted by Crippen LogP contribution is 2.37. The standard InChI is InChI=1S/C14H20N2/c15-9-7-11-3-1-6-14-13(11)8-10-16(14)12-4-2-5-12/h1,3,6,12H,2,4-5,7-10,15H2. The molecule has 86 valence electrons. The third-order valence-corrected chi connectivity index (χ3v) is 4.09. The molecule has 2 N–H and O–H groups in total. The smallest absolute Gasteiger partial charge is 0.0404 e. The van der Waals surface area contributed by atoms with Crippen LogP contribution in [-0.2, 0) is 12.8 Å². The Balaban J connectivity index is 1.90. The Bertz CT molecular complexity index is 382. The van der Waals surface area contributed by atoms with Gasteiger partial charge in [-0.15, -0.1) is 0 Å². The molecule has 0 spiro atoms. The van der Waals surface area contributed by atoms with Crippen LogP contribution in [-0.4, -0.2) is 19.1 Å². The fraction of sp³-hybridized carbons (Fsp3) is 0.571. The Morgan fingerprint density at radius 1 is 1.31 bits per heavy atom. The molecule has 0 radical (unpaired) electrons. The lowest BCUT2D eigenvalue weighted by molar-refractivity contribution is 0.392. The molecule has 2 aliphatic rings. The second-order valence-corrected chi connectivity index (χ2v) is 4.98. The maximum atomic E-state index is 5.67. The predicted octanol–water partition coefficient (Wildman–Crippen LogP) is 2.10. The van der Waals surface area contributed by atoms with E-state index in [0.29, 0.717) is 0 Å². The second kappa shape index (κ2) is 4.10. The van der Waals surface area contributed by atoms with Gasteiger partial charge in [-0.25, -0.2) is 0 Å². The molecule has 2 heteroatoms. The molecule has 1 aromatic carbocycles. The van der Waals surface area contributed by atoms with Gasteiger partial charge in [-0.2, -0.15) is 0 Å². The first-order valence-corrected chi connectivity index (χ1v) is 6.47. The Hall–Kier alpha value is -1.02. The SMILES string of the molecule is NCCc1cccc2c1CCN2C1CCC1. The van der Waals surface area contributed by atoms with E-state index < -0.39 is 0 Å². The summed E-state index contributed by atoms with van der Waals surface area (Å²) in [7, 11) is 0. The molecule has 1 aliphatic heterocycles. The van der Waals surface area contributed by atoms with Crippen LogP contribution < -0.4 is 10.6 Å². The lowest BCUT2D eigenvalue weighted by atomic mass is 9.91. The van der Waals surface area contributed by atoms with Gasteiger partial charge in [-0.3, -0.25) is 0 Å². The number of hydrogen-bond acceptors (Lipinski definition) is 2. The molecule has 0 aromatic heterocycles. The zero-order valence-electron chi connectivity index (χ0n) is 9.78. The van der Waals surface area contributed by atoms with Gasteiger partial charge in [0.15, 0.2) is 0 Å². The van der Waals surface area contributed by atoms with E-state index in [2.05, 4.69) is 23.1 Å². The van der Waals surface area contributed by atoms with Gasteiger partial charge in [0, 0.05) is 18.3 Å². The van der Waals surface area contributed by atoms with Gasteiger partial charge in [0.1, 0.15) is 0 Å². The lowest BCUT2D eigenvalue weighted by Crippen LogP contribution is -2.38. The summed E-state index contributed by atoms with van der Waals surface area (Å²) < 4.78 is 0. The van der Waals surface area contributed by atoms with Gasteiger partial charge in [-0.05, 0) is 55.8 Å². The van der Waals surface area contributed by atoms with Gasteiger partial charge >= 0.3 is 0 Å². The summed E-state index contributed by atoms with van der Waals surface area (Å²) in [6.45, 7) is 1.99. The highest BCUT2D eigenvalue weighted by atomic mass is 15.2. The Kier molecular flexibility index (Phi) is 2.60. The molecule has 0 bridgehead atoms. The van der Waals surface area contributed by atoms with Crippen molar-refractivity contribution in [1.29, 1.82) is 0 Å². The van der Waals surface area contributed by atoms with Crippen molar-refractivity contribution in [2.45, 2.75) is 38.1 Å². The maximum absolute atomic E-state index is 5.67. The van der Waals surface area contributed by atoms with Crippen LogP contribution in [0.1, 0.15) is 30.4 Å². The van der Waals surface area contributed by atoms with Gasteiger partial charge < -0.3 is 10.6 Å². The van der Waals surface area contributed by atoms with E-state index in [4.69, 9.17) is 5.73 Å². The molecule has 1 aliphatic carbocycles. The van der Waals surface area contributed by atoms with Crippen LogP contribution in [0.4, 0.5) is 5.69 Å². The molecule has 16 heavy (non-hydrogen) atoms. The summed E-state index contributed by atoms with van der Waals surface area (Å²) >= 11 is 0. The molecular weight excluding hydrogens is 196 g/mol. The van der Waals surface area contributed by atoms with Crippen molar-refractivity contribution in [2.75, 3.05) is 18.0 Å². The number of nitrogens with zero attached hydrogens (tertiary/aromatic N) is 1. The van der Waals surface area contributed by atoms with Crippen LogP contribution >= 0.6 is 0 Å². The first-order valence-electron chi connectivity index (χ1n) is 6.47. The number of anilines is 1. The minimum atomic E-state index is 0.764. The first kappa shape index (κ1) is 10.2. The normalized spacial score (nSPS) is 19.7. The number of rotatable bonds is 3. The molecular formula is C14H20N2. The molecule has 0 amide bonds. The topological polar surface area (TPSA) is 29.3 Å². The number of benzene rings is 1. The Labute approximate surface area is 97.4 Å². The largest absolute Gasteiger partial charge is 0.368 e. The van der Waals surface area contributed by atoms with Gasteiger partial charge in [0.2, 0.25) is 0 Å². The molecule has 2 nitrogen and oxygen atoms in total. The van der Waals surface area contributed by atoms with Crippen LogP contribution in [0.3, 0.4) is 0 Å². The fourth-order valence-corrected chi connectivity index (χ4v) is 3.00. The van der Waals surface area contributed by atoms with Crippen molar-refractivity contribution in [3.05, 3.63) is 29.3 Å². The van der Waals surface area contributed by atoms with E-state index in [9.17, 15) is 0 Å². The zero-order chi connectivity index (χ0) is 11.0. The zero-order valence-corrected chi connectivity index (χ0v) is 9.78. The number of hydrogen-bond donors (Lipinski definition) is 1. The van der Waals surface area contributed by atoms with E-state index in [1.165, 1.54) is 43.5 Å². The number of fused-ring (bicyclic) bond motifs is 1. The van der Waals surface area contributed by atoms with Gasteiger partial charge in [-0.1, -0.05) is 12.1 Å². The minimum Gasteiger partial charge on any atom is -0.368 e. The summed E-state index contributed by atoms with van der Waals surface area (Å²) in [5.74, 6) is 0. The van der Waals surface area contributed by atoms with E-state index in [1.807, 2.05) is 0 Å². The van der Waals surface area contributed by atoms with Gasteiger partial charge in [0.05, 0.1) is 0 Å². The summed E-state index contributed by atoms with van der Waals surface area (Å²) in [5.41, 5.74) is 10.2. The maximum Gasteiger partial charge on any atom is 0.0404 e. The predicted molar refractivity (Wildman–Crippen MR) is 67.9 cm³/mol. The third kappa shape index (κ3) is 1.52. The van der Waals surface area contributed by atoms with Crippen molar-refractivity contribution in [2.24, 2.45) is 5.73 Å². The Morgan fingerprint density at radius 3 is 2.88 bits per heavy atom. The summed E-state index contributed by atoms with van der Waals surface area (Å²) in [6.07, 6.45) is 6.45. The van der Waals surface area contributed by atoms with Crippen LogP contribution in [0.15, 0.2) is 18.2 Å². The monoisotopic (exact) mass is 216 g/mol. The van der Waals surface area contributed by atoms with Crippen molar-refractivity contribution >= 4 is 5.69 Å².